The Morgan fingerprint density at radius 1 is 0.865 bits per heavy atom. The van der Waals surface area contributed by atoms with E-state index < -0.39 is 0 Å². The van der Waals surface area contributed by atoms with E-state index in [1.807, 2.05) is 18.2 Å². The largest absolute Gasteiger partial charge is 0.205 e. The highest BCUT2D eigenvalue weighted by molar-refractivity contribution is 5.85. The fourth-order valence-electron chi connectivity index (χ4n) is 5.77. The zero-order chi connectivity index (χ0) is 25.9. The lowest BCUT2D eigenvalue weighted by molar-refractivity contribution is 0.312. The summed E-state index contributed by atoms with van der Waals surface area (Å²) >= 11 is 0. The number of aryl methyl sites for hydroxylation is 1. The van der Waals surface area contributed by atoms with Crippen LogP contribution in [-0.2, 0) is 6.42 Å². The number of fused-ring (bicyclic) bond motifs is 1. The zero-order valence-corrected chi connectivity index (χ0v) is 22.9. The number of rotatable bonds is 10. The summed E-state index contributed by atoms with van der Waals surface area (Å²) in [6.45, 7) is 4.35. The van der Waals surface area contributed by atoms with Crippen LogP contribution in [0.25, 0.3) is 10.8 Å². The molecule has 0 atom stereocenters. The van der Waals surface area contributed by atoms with E-state index in [4.69, 9.17) is 0 Å². The van der Waals surface area contributed by atoms with Gasteiger partial charge in [-0.25, -0.2) is 4.39 Å². The Morgan fingerprint density at radius 2 is 1.65 bits per heavy atom. The summed E-state index contributed by atoms with van der Waals surface area (Å²) in [4.78, 5) is 0. The predicted octanol–water partition coefficient (Wildman–Crippen LogP) is 10.5. The SMILES string of the molecule is C/C=C/CCC1CCC(c2ccc3c(F)c(C#Cc4ccc(CCCCCCC)cc4)ccc3c2)CC1. The van der Waals surface area contributed by atoms with Gasteiger partial charge >= 0.3 is 0 Å². The van der Waals surface area contributed by atoms with Crippen molar-refractivity contribution in [2.75, 3.05) is 0 Å². The Morgan fingerprint density at radius 3 is 2.41 bits per heavy atom. The third kappa shape index (κ3) is 7.82. The van der Waals surface area contributed by atoms with Crippen molar-refractivity contribution >= 4 is 10.8 Å². The molecule has 0 nitrogen and oxygen atoms in total. The first-order valence-electron chi connectivity index (χ1n) is 14.6. The average Bonchev–Trinajstić information content (AvgIpc) is 2.94. The molecule has 0 saturated heterocycles. The summed E-state index contributed by atoms with van der Waals surface area (Å²) in [7, 11) is 0. The van der Waals surface area contributed by atoms with Crippen LogP contribution in [0, 0.1) is 23.6 Å². The minimum atomic E-state index is -0.201. The third-order valence-corrected chi connectivity index (χ3v) is 8.14. The molecule has 1 heteroatoms. The van der Waals surface area contributed by atoms with Crippen LogP contribution in [0.3, 0.4) is 0 Å². The van der Waals surface area contributed by atoms with Crippen molar-refractivity contribution in [1.82, 2.24) is 0 Å². The van der Waals surface area contributed by atoms with Gasteiger partial charge in [-0.2, -0.15) is 0 Å². The van der Waals surface area contributed by atoms with Gasteiger partial charge in [-0.3, -0.25) is 0 Å². The molecule has 3 aromatic rings. The van der Waals surface area contributed by atoms with Crippen molar-refractivity contribution in [1.29, 1.82) is 0 Å². The van der Waals surface area contributed by atoms with E-state index in [9.17, 15) is 0 Å². The van der Waals surface area contributed by atoms with E-state index in [2.05, 4.69) is 74.2 Å². The molecule has 1 aliphatic rings. The van der Waals surface area contributed by atoms with E-state index in [0.29, 0.717) is 16.9 Å². The van der Waals surface area contributed by atoms with Gasteiger partial charge in [0.2, 0.25) is 0 Å². The van der Waals surface area contributed by atoms with Crippen molar-refractivity contribution in [2.45, 2.75) is 96.8 Å². The molecule has 0 aliphatic heterocycles. The molecule has 0 heterocycles. The summed E-state index contributed by atoms with van der Waals surface area (Å²) in [6.07, 6.45) is 19.7. The molecule has 1 fully saturated rings. The lowest BCUT2D eigenvalue weighted by Gasteiger charge is -2.28. The van der Waals surface area contributed by atoms with E-state index in [0.717, 1.165) is 23.3 Å². The average molecular weight is 495 g/mol. The second-order valence-corrected chi connectivity index (χ2v) is 10.9. The van der Waals surface area contributed by atoms with E-state index in [1.54, 1.807) is 0 Å². The van der Waals surface area contributed by atoms with E-state index in [1.165, 1.54) is 81.8 Å². The van der Waals surface area contributed by atoms with Crippen LogP contribution in [0.4, 0.5) is 4.39 Å². The van der Waals surface area contributed by atoms with Gasteiger partial charge in [0.05, 0.1) is 5.56 Å². The Balaban J connectivity index is 1.37. The topological polar surface area (TPSA) is 0 Å². The van der Waals surface area contributed by atoms with Gasteiger partial charge < -0.3 is 0 Å². The lowest BCUT2D eigenvalue weighted by atomic mass is 9.77. The van der Waals surface area contributed by atoms with Gasteiger partial charge in [-0.15, -0.1) is 0 Å². The fraction of sp³-hybridized carbons (Fsp3) is 0.444. The molecule has 37 heavy (non-hydrogen) atoms. The first-order valence-corrected chi connectivity index (χ1v) is 14.6. The highest BCUT2D eigenvalue weighted by atomic mass is 19.1. The summed E-state index contributed by atoms with van der Waals surface area (Å²) in [6, 6.07) is 18.7. The lowest BCUT2D eigenvalue weighted by Crippen LogP contribution is -2.13. The minimum Gasteiger partial charge on any atom is -0.205 e. The molecule has 1 saturated carbocycles. The Bertz CT molecular complexity index is 1210. The van der Waals surface area contributed by atoms with Crippen LogP contribution < -0.4 is 0 Å². The molecule has 0 N–H and O–H groups in total. The summed E-state index contributed by atoms with van der Waals surface area (Å²) in [5.41, 5.74) is 4.13. The number of unbranched alkanes of at least 4 members (excludes halogenated alkanes) is 4. The summed E-state index contributed by atoms with van der Waals surface area (Å²) < 4.78 is 15.3. The smallest absolute Gasteiger partial charge is 0.146 e. The first kappa shape index (κ1) is 27.2. The molecule has 0 spiro atoms. The standard InChI is InChI=1S/C36H43F/c1-3-5-7-8-10-12-28-13-15-30(16-14-28)19-22-32-23-24-34-27-33(25-26-35(34)36(32)37)31-20-17-29(18-21-31)11-9-6-4-2/h4,6,13-16,23-27,29,31H,3,5,7-12,17-18,20-21H2,1-2H3/b6-4+. The highest BCUT2D eigenvalue weighted by Gasteiger charge is 2.22. The van der Waals surface area contributed by atoms with Crippen molar-refractivity contribution < 1.29 is 4.39 Å². The monoisotopic (exact) mass is 494 g/mol. The van der Waals surface area contributed by atoms with Gasteiger partial charge in [-0.05, 0) is 105 Å². The van der Waals surface area contributed by atoms with Crippen LogP contribution in [0.1, 0.15) is 113 Å². The zero-order valence-electron chi connectivity index (χ0n) is 22.9. The predicted molar refractivity (Wildman–Crippen MR) is 158 cm³/mol. The Hall–Kier alpha value is -2.85. The quantitative estimate of drug-likeness (QED) is 0.149. The fourth-order valence-corrected chi connectivity index (χ4v) is 5.77. The highest BCUT2D eigenvalue weighted by Crippen LogP contribution is 2.38. The van der Waals surface area contributed by atoms with Gasteiger partial charge in [-0.1, -0.05) is 93.0 Å². The van der Waals surface area contributed by atoms with E-state index in [-0.39, 0.29) is 5.82 Å². The maximum absolute atomic E-state index is 15.3. The molecule has 0 radical (unpaired) electrons. The van der Waals surface area contributed by atoms with Gasteiger partial charge in [0.1, 0.15) is 5.82 Å². The number of allylic oxidation sites excluding steroid dienone is 2. The normalized spacial score (nSPS) is 17.7. The molecule has 0 aromatic heterocycles. The molecule has 0 bridgehead atoms. The molecule has 4 rings (SSSR count). The second-order valence-electron chi connectivity index (χ2n) is 10.9. The molecule has 3 aromatic carbocycles. The molecule has 1 aliphatic carbocycles. The Kier molecular flexibility index (Phi) is 10.4. The maximum Gasteiger partial charge on any atom is 0.146 e. The maximum atomic E-state index is 15.3. The molecule has 194 valence electrons. The third-order valence-electron chi connectivity index (χ3n) is 8.14. The van der Waals surface area contributed by atoms with Crippen molar-refractivity contribution in [2.24, 2.45) is 5.92 Å². The van der Waals surface area contributed by atoms with Crippen LogP contribution >= 0.6 is 0 Å². The van der Waals surface area contributed by atoms with Gasteiger partial charge in [0.15, 0.2) is 0 Å². The van der Waals surface area contributed by atoms with Crippen LogP contribution in [-0.4, -0.2) is 0 Å². The number of hydrogen-bond acceptors (Lipinski definition) is 0. The van der Waals surface area contributed by atoms with Crippen molar-refractivity contribution in [3.63, 3.8) is 0 Å². The van der Waals surface area contributed by atoms with Crippen molar-refractivity contribution in [3.05, 3.63) is 94.8 Å². The van der Waals surface area contributed by atoms with Crippen LogP contribution in [0.2, 0.25) is 0 Å². The van der Waals surface area contributed by atoms with Crippen LogP contribution in [0.15, 0.2) is 66.7 Å². The Labute approximate surface area is 224 Å². The molecule has 0 unspecified atom stereocenters. The van der Waals surface area contributed by atoms with Gasteiger partial charge in [0.25, 0.3) is 0 Å². The van der Waals surface area contributed by atoms with E-state index >= 15 is 4.39 Å². The van der Waals surface area contributed by atoms with Gasteiger partial charge in [0, 0.05) is 10.9 Å². The summed E-state index contributed by atoms with van der Waals surface area (Å²) in [5, 5.41) is 1.66. The number of hydrogen-bond donors (Lipinski definition) is 0. The second kappa shape index (κ2) is 14.2. The molecular formula is C36H43F. The molecular weight excluding hydrogens is 451 g/mol. The number of benzene rings is 3. The van der Waals surface area contributed by atoms with Crippen LogP contribution in [0.5, 0.6) is 0 Å². The minimum absolute atomic E-state index is 0.201. The number of halogens is 1. The van der Waals surface area contributed by atoms with Crippen molar-refractivity contribution in [3.8, 4) is 11.8 Å². The first-order chi connectivity index (χ1) is 18.2. The molecule has 0 amide bonds. The summed E-state index contributed by atoms with van der Waals surface area (Å²) in [5.74, 6) is 7.51.